The number of rotatable bonds is 2. The van der Waals surface area contributed by atoms with Crippen molar-refractivity contribution >= 4 is 30.0 Å². The van der Waals surface area contributed by atoms with Crippen LogP contribution in [0.1, 0.15) is 6.92 Å². The van der Waals surface area contributed by atoms with Crippen LogP contribution in [0.2, 0.25) is 0 Å². The van der Waals surface area contributed by atoms with E-state index in [9.17, 15) is 4.79 Å². The number of anilines is 1. The van der Waals surface area contributed by atoms with E-state index in [1.165, 1.54) is 0 Å². The maximum Gasteiger partial charge on any atom is 0.353 e. The summed E-state index contributed by atoms with van der Waals surface area (Å²) < 4.78 is 0. The first-order valence-corrected chi connectivity index (χ1v) is 5.64. The molecule has 17 heavy (non-hydrogen) atoms. The van der Waals surface area contributed by atoms with Gasteiger partial charge in [-0.25, -0.2) is 9.80 Å². The molecule has 4 nitrogen and oxygen atoms in total. The van der Waals surface area contributed by atoms with Gasteiger partial charge >= 0.3 is 5.97 Å². The van der Waals surface area contributed by atoms with Crippen LogP contribution in [-0.2, 0) is 4.79 Å². The molecule has 0 saturated heterocycles. The van der Waals surface area contributed by atoms with E-state index in [4.69, 9.17) is 5.11 Å². The molecule has 1 unspecified atom stereocenters. The van der Waals surface area contributed by atoms with Gasteiger partial charge in [-0.1, -0.05) is 18.2 Å². The van der Waals surface area contributed by atoms with Crippen LogP contribution in [0.3, 0.4) is 0 Å². The summed E-state index contributed by atoms with van der Waals surface area (Å²) in [5.41, 5.74) is 1.73. The Bertz CT molecular complexity index is 496. The Morgan fingerprint density at radius 1 is 1.41 bits per heavy atom. The number of benzene rings is 1. The van der Waals surface area contributed by atoms with Crippen LogP contribution in [0.5, 0.6) is 0 Å². The molecule has 1 aromatic carbocycles. The summed E-state index contributed by atoms with van der Waals surface area (Å²) >= 11 is 4.19. The number of nitrogens with zero attached hydrogens (tertiary/aromatic N) is 2. The summed E-state index contributed by atoms with van der Waals surface area (Å²) in [6.45, 7) is 1.87. The molecule has 0 radical (unpaired) electrons. The molecule has 0 aliphatic carbocycles. The van der Waals surface area contributed by atoms with Crippen LogP contribution in [-0.4, -0.2) is 22.0 Å². The number of thiol groups is 1. The van der Waals surface area contributed by atoms with Crippen LogP contribution in [0.4, 0.5) is 5.69 Å². The van der Waals surface area contributed by atoms with Crippen molar-refractivity contribution in [3.63, 3.8) is 0 Å². The third kappa shape index (κ3) is 2.34. The smallest absolute Gasteiger partial charge is 0.353 e. The van der Waals surface area contributed by atoms with Gasteiger partial charge in [0, 0.05) is 5.70 Å². The maximum atomic E-state index is 11.0. The van der Waals surface area contributed by atoms with E-state index in [-0.39, 0.29) is 5.71 Å². The molecule has 88 valence electrons. The minimum Gasteiger partial charge on any atom is -0.477 e. The zero-order valence-electron chi connectivity index (χ0n) is 9.24. The first-order chi connectivity index (χ1) is 8.09. The lowest BCUT2D eigenvalue weighted by Crippen LogP contribution is -2.32. The highest BCUT2D eigenvalue weighted by atomic mass is 32.1. The lowest BCUT2D eigenvalue weighted by atomic mass is 10.2. The number of hydrazone groups is 1. The van der Waals surface area contributed by atoms with Gasteiger partial charge in [0.2, 0.25) is 0 Å². The van der Waals surface area contributed by atoms with Crippen molar-refractivity contribution in [2.45, 2.75) is 12.2 Å². The lowest BCUT2D eigenvalue weighted by Gasteiger charge is -2.26. The second-order valence-electron chi connectivity index (χ2n) is 3.69. The highest BCUT2D eigenvalue weighted by molar-refractivity contribution is 7.82. The van der Waals surface area contributed by atoms with Gasteiger partial charge in [0.1, 0.15) is 0 Å². The molecule has 0 fully saturated rings. The molecular formula is C12H12N2O2S. The van der Waals surface area contributed by atoms with E-state index < -0.39 is 11.2 Å². The summed E-state index contributed by atoms with van der Waals surface area (Å²) in [5, 5.41) is 14.3. The standard InChI is InChI=1S/C12H12N2O2S/c1-8-7-10(17)11(12(15)16)13-14(8)9-5-3-2-4-6-9/h2-7,10,17H,1H3,(H,15,16). The quantitative estimate of drug-likeness (QED) is 0.788. The topological polar surface area (TPSA) is 52.9 Å². The van der Waals surface area contributed by atoms with Crippen molar-refractivity contribution in [3.8, 4) is 0 Å². The second kappa shape index (κ2) is 4.63. The SMILES string of the molecule is CC1=CC(S)C(C(=O)O)=NN1c1ccccc1. The van der Waals surface area contributed by atoms with Crippen LogP contribution in [0, 0.1) is 0 Å². The van der Waals surface area contributed by atoms with Crippen molar-refractivity contribution < 1.29 is 9.90 Å². The van der Waals surface area contributed by atoms with Gasteiger partial charge < -0.3 is 5.11 Å². The first kappa shape index (κ1) is 11.7. The summed E-state index contributed by atoms with van der Waals surface area (Å²) in [6.07, 6.45) is 1.77. The fourth-order valence-electron chi connectivity index (χ4n) is 1.62. The van der Waals surface area contributed by atoms with E-state index in [1.807, 2.05) is 37.3 Å². The maximum absolute atomic E-state index is 11.0. The minimum atomic E-state index is -1.05. The third-order valence-corrected chi connectivity index (χ3v) is 2.83. The Morgan fingerprint density at radius 2 is 2.06 bits per heavy atom. The van der Waals surface area contributed by atoms with E-state index >= 15 is 0 Å². The van der Waals surface area contributed by atoms with Crippen molar-refractivity contribution in [2.24, 2.45) is 5.10 Å². The molecular weight excluding hydrogens is 236 g/mol. The molecule has 1 atom stereocenters. The molecule has 1 aliphatic rings. The van der Waals surface area contributed by atoms with Gasteiger partial charge in [0.15, 0.2) is 5.71 Å². The minimum absolute atomic E-state index is 0.0304. The largest absolute Gasteiger partial charge is 0.477 e. The zero-order valence-corrected chi connectivity index (χ0v) is 10.1. The van der Waals surface area contributed by atoms with Crippen LogP contribution in [0.15, 0.2) is 47.2 Å². The lowest BCUT2D eigenvalue weighted by molar-refractivity contribution is -0.129. The molecule has 1 aromatic rings. The molecule has 1 aliphatic heterocycles. The number of hydrogen-bond acceptors (Lipinski definition) is 4. The predicted molar refractivity (Wildman–Crippen MR) is 70.5 cm³/mol. The Labute approximate surface area is 105 Å². The molecule has 0 aromatic heterocycles. The van der Waals surface area contributed by atoms with Crippen molar-refractivity contribution in [1.29, 1.82) is 0 Å². The fourth-order valence-corrected chi connectivity index (χ4v) is 2.00. The number of aliphatic carboxylic acids is 1. The van der Waals surface area contributed by atoms with Crippen molar-refractivity contribution in [1.82, 2.24) is 0 Å². The van der Waals surface area contributed by atoms with Crippen LogP contribution >= 0.6 is 12.6 Å². The molecule has 1 N–H and O–H groups in total. The first-order valence-electron chi connectivity index (χ1n) is 5.13. The summed E-state index contributed by atoms with van der Waals surface area (Å²) in [7, 11) is 0. The number of carboxylic acid groups (broad SMARTS) is 1. The van der Waals surface area contributed by atoms with Crippen molar-refractivity contribution in [2.75, 3.05) is 5.01 Å². The molecule has 0 saturated carbocycles. The Hall–Kier alpha value is -1.75. The van der Waals surface area contributed by atoms with E-state index in [1.54, 1.807) is 11.1 Å². The monoisotopic (exact) mass is 248 g/mol. The second-order valence-corrected chi connectivity index (χ2v) is 4.25. The summed E-state index contributed by atoms with van der Waals surface area (Å²) in [5.74, 6) is -1.05. The molecule has 0 spiro atoms. The highest BCUT2D eigenvalue weighted by Crippen LogP contribution is 2.24. The van der Waals surface area contributed by atoms with Crippen LogP contribution in [0.25, 0.3) is 0 Å². The van der Waals surface area contributed by atoms with E-state index in [0.717, 1.165) is 11.4 Å². The fraction of sp³-hybridized carbons (Fsp3) is 0.167. The molecule has 0 bridgehead atoms. The average molecular weight is 248 g/mol. The van der Waals surface area contributed by atoms with Gasteiger partial charge in [0.05, 0.1) is 10.9 Å². The Balaban J connectivity index is 2.41. The number of carboxylic acids is 1. The number of para-hydroxylation sites is 1. The van der Waals surface area contributed by atoms with Gasteiger partial charge in [-0.15, -0.1) is 0 Å². The highest BCUT2D eigenvalue weighted by Gasteiger charge is 2.25. The normalized spacial score (nSPS) is 19.6. The van der Waals surface area contributed by atoms with Crippen LogP contribution < -0.4 is 5.01 Å². The zero-order chi connectivity index (χ0) is 12.4. The molecule has 0 amide bonds. The average Bonchev–Trinajstić information content (AvgIpc) is 2.29. The van der Waals surface area contributed by atoms with Gasteiger partial charge in [-0.3, -0.25) is 0 Å². The Kier molecular flexibility index (Phi) is 3.19. The summed E-state index contributed by atoms with van der Waals surface area (Å²) in [6, 6.07) is 9.41. The van der Waals surface area contributed by atoms with Gasteiger partial charge in [-0.2, -0.15) is 17.7 Å². The Morgan fingerprint density at radius 3 is 2.65 bits per heavy atom. The van der Waals surface area contributed by atoms with Gasteiger partial charge in [-0.05, 0) is 25.1 Å². The van der Waals surface area contributed by atoms with Crippen molar-refractivity contribution in [3.05, 3.63) is 42.1 Å². The number of carbonyl (C=O) groups is 1. The van der Waals surface area contributed by atoms with Gasteiger partial charge in [0.25, 0.3) is 0 Å². The van der Waals surface area contributed by atoms with E-state index in [0.29, 0.717) is 0 Å². The summed E-state index contributed by atoms with van der Waals surface area (Å²) in [4.78, 5) is 11.0. The molecule has 5 heteroatoms. The van der Waals surface area contributed by atoms with E-state index in [2.05, 4.69) is 17.7 Å². The third-order valence-electron chi connectivity index (χ3n) is 2.44. The molecule has 2 rings (SSSR count). The molecule has 1 heterocycles. The number of hydrogen-bond donors (Lipinski definition) is 2. The number of allylic oxidation sites excluding steroid dienone is 1. The predicted octanol–water partition coefficient (Wildman–Crippen LogP) is 2.15.